The van der Waals surface area contributed by atoms with E-state index in [1.807, 2.05) is 50.2 Å². The molecule has 0 aliphatic carbocycles. The van der Waals surface area contributed by atoms with Gasteiger partial charge in [0, 0.05) is 25.7 Å². The lowest BCUT2D eigenvalue weighted by Gasteiger charge is -2.16. The molecule has 0 atom stereocenters. The number of benzene rings is 2. The molecule has 0 aromatic heterocycles. The van der Waals surface area contributed by atoms with E-state index in [-0.39, 0.29) is 5.78 Å². The number of carbonyl (C=O) groups is 1. The summed E-state index contributed by atoms with van der Waals surface area (Å²) in [6.45, 7) is 1.94. The Morgan fingerprint density at radius 2 is 1.61 bits per heavy atom. The minimum Gasteiger partial charge on any atom is -0.496 e. The molecule has 0 amide bonds. The standard InChI is InChI=1S/C22H28N2O4/c1-7-15(10-14-8-9-18(24(2)3)17(23)11-14)22(25)16-12-20(27-5)21(28-6)13-19(16)26-4/h8-13H,7,23H2,1-6H3. The first-order chi connectivity index (χ1) is 13.4. The van der Waals surface area contributed by atoms with Gasteiger partial charge in [-0.1, -0.05) is 13.0 Å². The average Bonchev–Trinajstić information content (AvgIpc) is 2.70. The fourth-order valence-corrected chi connectivity index (χ4v) is 2.98. The van der Waals surface area contributed by atoms with E-state index in [9.17, 15) is 4.79 Å². The predicted octanol–water partition coefficient (Wildman–Crippen LogP) is 4.04. The van der Waals surface area contributed by atoms with Crippen LogP contribution in [0, 0.1) is 0 Å². The Hall–Kier alpha value is -3.15. The number of nitrogens with zero attached hydrogens (tertiary/aromatic N) is 1. The van der Waals surface area contributed by atoms with Gasteiger partial charge in [-0.15, -0.1) is 0 Å². The molecule has 2 aromatic rings. The number of methoxy groups -OCH3 is 3. The van der Waals surface area contributed by atoms with Gasteiger partial charge in [0.15, 0.2) is 17.3 Å². The predicted molar refractivity (Wildman–Crippen MR) is 114 cm³/mol. The molecule has 0 saturated heterocycles. The van der Waals surface area contributed by atoms with Crippen LogP contribution in [-0.2, 0) is 0 Å². The molecule has 6 heteroatoms. The first-order valence-electron chi connectivity index (χ1n) is 8.98. The lowest BCUT2D eigenvalue weighted by molar-refractivity contribution is 0.102. The molecule has 0 bridgehead atoms. The molecular formula is C22H28N2O4. The van der Waals surface area contributed by atoms with Crippen molar-refractivity contribution in [1.29, 1.82) is 0 Å². The Bertz CT molecular complexity index is 888. The van der Waals surface area contributed by atoms with E-state index < -0.39 is 0 Å². The van der Waals surface area contributed by atoms with Gasteiger partial charge in [0.25, 0.3) is 0 Å². The number of allylic oxidation sites excluding steroid dienone is 1. The van der Waals surface area contributed by atoms with Crippen LogP contribution in [0.2, 0.25) is 0 Å². The van der Waals surface area contributed by atoms with Crippen LogP contribution >= 0.6 is 0 Å². The summed E-state index contributed by atoms with van der Waals surface area (Å²) in [5.41, 5.74) is 9.66. The van der Waals surface area contributed by atoms with E-state index in [1.54, 1.807) is 12.1 Å². The number of hydrogen-bond donors (Lipinski definition) is 1. The molecule has 0 fully saturated rings. The molecule has 2 rings (SSSR count). The van der Waals surface area contributed by atoms with Gasteiger partial charge >= 0.3 is 0 Å². The van der Waals surface area contributed by atoms with Crippen LogP contribution in [-0.4, -0.2) is 41.2 Å². The number of nitrogen functional groups attached to an aromatic ring is 1. The number of anilines is 2. The molecule has 0 aliphatic heterocycles. The molecule has 28 heavy (non-hydrogen) atoms. The maximum absolute atomic E-state index is 13.2. The van der Waals surface area contributed by atoms with E-state index in [0.29, 0.717) is 40.5 Å². The zero-order valence-corrected chi connectivity index (χ0v) is 17.3. The summed E-state index contributed by atoms with van der Waals surface area (Å²) in [5, 5.41) is 0. The second kappa shape index (κ2) is 9.17. The van der Waals surface area contributed by atoms with Crippen molar-refractivity contribution in [2.75, 3.05) is 46.1 Å². The zero-order chi connectivity index (χ0) is 20.8. The van der Waals surface area contributed by atoms with Gasteiger partial charge in [-0.3, -0.25) is 4.79 Å². The SMILES string of the molecule is CCC(=Cc1ccc(N(C)C)c(N)c1)C(=O)c1cc(OC)c(OC)cc1OC. The monoisotopic (exact) mass is 384 g/mol. The third-order valence-electron chi connectivity index (χ3n) is 4.50. The lowest BCUT2D eigenvalue weighted by Crippen LogP contribution is -2.11. The fourth-order valence-electron chi connectivity index (χ4n) is 2.98. The van der Waals surface area contributed by atoms with Crippen LogP contribution < -0.4 is 24.8 Å². The minimum absolute atomic E-state index is 0.129. The minimum atomic E-state index is -0.129. The topological polar surface area (TPSA) is 74.0 Å². The van der Waals surface area contributed by atoms with E-state index in [4.69, 9.17) is 19.9 Å². The number of nitrogens with two attached hydrogens (primary N) is 1. The molecule has 0 aliphatic rings. The summed E-state index contributed by atoms with van der Waals surface area (Å²) in [6, 6.07) is 9.05. The number of carbonyl (C=O) groups excluding carboxylic acids is 1. The molecular weight excluding hydrogens is 356 g/mol. The molecule has 0 saturated carbocycles. The summed E-state index contributed by atoms with van der Waals surface area (Å²) in [6.07, 6.45) is 2.42. The summed E-state index contributed by atoms with van der Waals surface area (Å²) in [5.74, 6) is 1.28. The lowest BCUT2D eigenvalue weighted by atomic mass is 9.97. The van der Waals surface area contributed by atoms with Crippen LogP contribution in [0.5, 0.6) is 17.2 Å². The van der Waals surface area contributed by atoms with E-state index in [1.165, 1.54) is 21.3 Å². The molecule has 2 aromatic carbocycles. The average molecular weight is 384 g/mol. The first-order valence-corrected chi connectivity index (χ1v) is 8.98. The highest BCUT2D eigenvalue weighted by Gasteiger charge is 2.20. The Balaban J connectivity index is 2.48. The summed E-state index contributed by atoms with van der Waals surface area (Å²) < 4.78 is 16.0. The third kappa shape index (κ3) is 4.39. The van der Waals surface area contributed by atoms with Crippen molar-refractivity contribution >= 4 is 23.2 Å². The quantitative estimate of drug-likeness (QED) is 0.421. The molecule has 6 nitrogen and oxygen atoms in total. The first kappa shape index (κ1) is 21.2. The van der Waals surface area contributed by atoms with Crippen molar-refractivity contribution < 1.29 is 19.0 Å². The number of Topliss-reactive ketones (excluding diaryl/α,β-unsaturated/α-hetero) is 1. The van der Waals surface area contributed by atoms with Gasteiger partial charge in [-0.2, -0.15) is 0 Å². The van der Waals surface area contributed by atoms with Gasteiger partial charge in [-0.05, 0) is 36.3 Å². The van der Waals surface area contributed by atoms with Gasteiger partial charge in [-0.25, -0.2) is 0 Å². The molecule has 0 radical (unpaired) electrons. The molecule has 0 unspecified atom stereocenters. The Labute approximate surface area is 166 Å². The van der Waals surface area contributed by atoms with E-state index in [2.05, 4.69) is 0 Å². The van der Waals surface area contributed by atoms with Gasteiger partial charge in [0.05, 0.1) is 38.3 Å². The number of ketones is 1. The second-order valence-electron chi connectivity index (χ2n) is 6.47. The van der Waals surface area contributed by atoms with Gasteiger partial charge in [0.2, 0.25) is 0 Å². The van der Waals surface area contributed by atoms with Gasteiger partial charge < -0.3 is 24.8 Å². The number of rotatable bonds is 8. The van der Waals surface area contributed by atoms with Crippen molar-refractivity contribution in [2.24, 2.45) is 0 Å². The van der Waals surface area contributed by atoms with Gasteiger partial charge in [0.1, 0.15) is 5.75 Å². The summed E-state index contributed by atoms with van der Waals surface area (Å²) >= 11 is 0. The molecule has 0 spiro atoms. The summed E-state index contributed by atoms with van der Waals surface area (Å²) in [7, 11) is 8.47. The van der Waals surface area contributed by atoms with Crippen molar-refractivity contribution in [1.82, 2.24) is 0 Å². The van der Waals surface area contributed by atoms with Crippen LogP contribution in [0.1, 0.15) is 29.3 Å². The van der Waals surface area contributed by atoms with Crippen molar-refractivity contribution in [3.8, 4) is 17.2 Å². The maximum Gasteiger partial charge on any atom is 0.192 e. The highest BCUT2D eigenvalue weighted by molar-refractivity contribution is 6.13. The summed E-state index contributed by atoms with van der Waals surface area (Å²) in [4.78, 5) is 15.2. The highest BCUT2D eigenvalue weighted by Crippen LogP contribution is 2.36. The Morgan fingerprint density at radius 3 is 2.11 bits per heavy atom. The molecule has 2 N–H and O–H groups in total. The largest absolute Gasteiger partial charge is 0.496 e. The second-order valence-corrected chi connectivity index (χ2v) is 6.47. The Kier molecular flexibility index (Phi) is 6.93. The number of hydrogen-bond acceptors (Lipinski definition) is 6. The Morgan fingerprint density at radius 1 is 1.00 bits per heavy atom. The van der Waals surface area contributed by atoms with Crippen molar-refractivity contribution in [3.63, 3.8) is 0 Å². The maximum atomic E-state index is 13.2. The van der Waals surface area contributed by atoms with Crippen LogP contribution in [0.4, 0.5) is 11.4 Å². The van der Waals surface area contributed by atoms with Crippen molar-refractivity contribution in [2.45, 2.75) is 13.3 Å². The molecule has 150 valence electrons. The molecule has 0 heterocycles. The van der Waals surface area contributed by atoms with Crippen molar-refractivity contribution in [3.05, 3.63) is 47.0 Å². The normalized spacial score (nSPS) is 11.1. The van der Waals surface area contributed by atoms with Crippen LogP contribution in [0.15, 0.2) is 35.9 Å². The fraction of sp³-hybridized carbons (Fsp3) is 0.318. The van der Waals surface area contributed by atoms with Crippen LogP contribution in [0.3, 0.4) is 0 Å². The van der Waals surface area contributed by atoms with E-state index in [0.717, 1.165) is 11.3 Å². The van der Waals surface area contributed by atoms with E-state index >= 15 is 0 Å². The highest BCUT2D eigenvalue weighted by atomic mass is 16.5. The van der Waals surface area contributed by atoms with Crippen LogP contribution in [0.25, 0.3) is 6.08 Å². The number of ether oxygens (including phenoxy) is 3. The third-order valence-corrected chi connectivity index (χ3v) is 4.50. The zero-order valence-electron chi connectivity index (χ0n) is 17.3. The smallest absolute Gasteiger partial charge is 0.192 e.